The summed E-state index contributed by atoms with van der Waals surface area (Å²) in [5.41, 5.74) is 0. The van der Waals surface area contributed by atoms with Crippen molar-refractivity contribution in [3.05, 3.63) is 0 Å². The second-order valence-corrected chi connectivity index (χ2v) is 5.45. The topological polar surface area (TPSA) is 57.6 Å². The second-order valence-electron chi connectivity index (χ2n) is 3.20. The van der Waals surface area contributed by atoms with Crippen LogP contribution in [0.2, 0.25) is 0 Å². The van der Waals surface area contributed by atoms with Gasteiger partial charge in [0.15, 0.2) is 0 Å². The Bertz CT molecular complexity index is 207. The fourth-order valence-corrected chi connectivity index (χ4v) is 1.68. The van der Waals surface area contributed by atoms with Crippen molar-refractivity contribution in [1.29, 1.82) is 0 Å². The highest BCUT2D eigenvalue weighted by Crippen LogP contribution is 1.93. The van der Waals surface area contributed by atoms with Crippen LogP contribution < -0.4 is 0 Å². The molecule has 0 rings (SSSR count). The molecule has 0 aliphatic rings. The quantitative estimate of drug-likeness (QED) is 0.627. The van der Waals surface area contributed by atoms with Crippen LogP contribution in [0.25, 0.3) is 0 Å². The van der Waals surface area contributed by atoms with Crippen molar-refractivity contribution in [1.82, 2.24) is 4.90 Å². The van der Waals surface area contributed by atoms with Gasteiger partial charge >= 0.3 is 0 Å². The first-order valence-corrected chi connectivity index (χ1v) is 6.56. The van der Waals surface area contributed by atoms with Gasteiger partial charge in [0.1, 0.15) is 9.84 Å². The molecule has 1 N–H and O–H groups in total. The van der Waals surface area contributed by atoms with Gasteiger partial charge in [0.25, 0.3) is 0 Å². The number of aliphatic hydroxyl groups is 1. The highest BCUT2D eigenvalue weighted by Gasteiger charge is 2.07. The van der Waals surface area contributed by atoms with Crippen LogP contribution in [0.1, 0.15) is 13.3 Å². The average molecular weight is 209 g/mol. The molecule has 0 aliphatic heterocycles. The molecule has 0 spiro atoms. The van der Waals surface area contributed by atoms with E-state index in [1.807, 2.05) is 11.8 Å². The summed E-state index contributed by atoms with van der Waals surface area (Å²) in [5, 5.41) is 8.70. The third-order valence-electron chi connectivity index (χ3n) is 1.73. The van der Waals surface area contributed by atoms with E-state index in [9.17, 15) is 8.42 Å². The van der Waals surface area contributed by atoms with Crippen LogP contribution in [-0.4, -0.2) is 56.7 Å². The zero-order chi connectivity index (χ0) is 10.3. The van der Waals surface area contributed by atoms with Gasteiger partial charge in [-0.2, -0.15) is 0 Å². The number of hydrogen-bond acceptors (Lipinski definition) is 4. The van der Waals surface area contributed by atoms with Gasteiger partial charge in [-0.15, -0.1) is 0 Å². The molecule has 0 radical (unpaired) electrons. The standard InChI is InChI=1S/C8H19NO3S/c1-3-4-9(5-7-10)6-8-13(2,11)12/h10H,3-8H2,1-2H3. The van der Waals surface area contributed by atoms with E-state index in [2.05, 4.69) is 0 Å². The third-order valence-corrected chi connectivity index (χ3v) is 2.66. The van der Waals surface area contributed by atoms with Crippen molar-refractivity contribution in [3.8, 4) is 0 Å². The van der Waals surface area contributed by atoms with Gasteiger partial charge in [-0.25, -0.2) is 8.42 Å². The fourth-order valence-electron chi connectivity index (χ4n) is 1.09. The zero-order valence-corrected chi connectivity index (χ0v) is 9.18. The summed E-state index contributed by atoms with van der Waals surface area (Å²) < 4.78 is 21.7. The van der Waals surface area contributed by atoms with Crippen LogP contribution in [0, 0.1) is 0 Å². The van der Waals surface area contributed by atoms with Crippen molar-refractivity contribution < 1.29 is 13.5 Å². The summed E-state index contributed by atoms with van der Waals surface area (Å²) in [4.78, 5) is 1.96. The van der Waals surface area contributed by atoms with Gasteiger partial charge in [0.2, 0.25) is 0 Å². The molecule has 0 aliphatic carbocycles. The Labute approximate surface area is 80.5 Å². The molecule has 0 aromatic rings. The smallest absolute Gasteiger partial charge is 0.148 e. The predicted molar refractivity (Wildman–Crippen MR) is 53.5 cm³/mol. The van der Waals surface area contributed by atoms with Crippen LogP contribution in [0.15, 0.2) is 0 Å². The summed E-state index contributed by atoms with van der Waals surface area (Å²) in [6.07, 6.45) is 2.21. The first-order chi connectivity index (χ1) is 5.99. The molecule has 0 heterocycles. The van der Waals surface area contributed by atoms with Crippen molar-refractivity contribution in [3.63, 3.8) is 0 Å². The Morgan fingerprint density at radius 1 is 1.23 bits per heavy atom. The zero-order valence-electron chi connectivity index (χ0n) is 8.36. The first-order valence-electron chi connectivity index (χ1n) is 4.50. The van der Waals surface area contributed by atoms with E-state index in [0.29, 0.717) is 13.1 Å². The molecular formula is C8H19NO3S. The predicted octanol–water partition coefficient (Wildman–Crippen LogP) is -0.265. The van der Waals surface area contributed by atoms with E-state index >= 15 is 0 Å². The number of nitrogens with zero attached hydrogens (tertiary/aromatic N) is 1. The van der Waals surface area contributed by atoms with E-state index in [1.165, 1.54) is 6.26 Å². The Hall–Kier alpha value is -0.130. The summed E-state index contributed by atoms with van der Waals surface area (Å²) in [7, 11) is -2.88. The summed E-state index contributed by atoms with van der Waals surface area (Å²) in [5.74, 6) is 0.174. The lowest BCUT2D eigenvalue weighted by Gasteiger charge is -2.19. The third kappa shape index (κ3) is 8.21. The van der Waals surface area contributed by atoms with Crippen molar-refractivity contribution >= 4 is 9.84 Å². The van der Waals surface area contributed by atoms with Gasteiger partial charge < -0.3 is 10.0 Å². The summed E-state index contributed by atoms with van der Waals surface area (Å²) in [6.45, 7) is 4.04. The number of aliphatic hydroxyl groups excluding tert-OH is 1. The molecule has 0 aromatic heterocycles. The SMILES string of the molecule is CCCN(CCO)CCS(C)(=O)=O. The van der Waals surface area contributed by atoms with Gasteiger partial charge in [-0.1, -0.05) is 6.92 Å². The van der Waals surface area contributed by atoms with Crippen LogP contribution in [0.5, 0.6) is 0 Å². The van der Waals surface area contributed by atoms with Crippen molar-refractivity contribution in [2.75, 3.05) is 38.2 Å². The largest absolute Gasteiger partial charge is 0.395 e. The normalized spacial score (nSPS) is 12.3. The van der Waals surface area contributed by atoms with Crippen molar-refractivity contribution in [2.24, 2.45) is 0 Å². The summed E-state index contributed by atoms with van der Waals surface area (Å²) >= 11 is 0. The Morgan fingerprint density at radius 3 is 2.23 bits per heavy atom. The van der Waals surface area contributed by atoms with Gasteiger partial charge in [0, 0.05) is 19.3 Å². The van der Waals surface area contributed by atoms with Crippen LogP contribution in [0.3, 0.4) is 0 Å². The minimum atomic E-state index is -2.88. The average Bonchev–Trinajstić information content (AvgIpc) is 2.00. The van der Waals surface area contributed by atoms with Gasteiger partial charge in [0.05, 0.1) is 12.4 Å². The van der Waals surface area contributed by atoms with E-state index in [4.69, 9.17) is 5.11 Å². The van der Waals surface area contributed by atoms with Gasteiger partial charge in [-0.3, -0.25) is 0 Å². The molecule has 5 heteroatoms. The lowest BCUT2D eigenvalue weighted by Crippen LogP contribution is -2.32. The minimum Gasteiger partial charge on any atom is -0.395 e. The Kier molecular flexibility index (Phi) is 6.28. The van der Waals surface area contributed by atoms with Crippen LogP contribution in [-0.2, 0) is 9.84 Å². The van der Waals surface area contributed by atoms with Crippen molar-refractivity contribution in [2.45, 2.75) is 13.3 Å². The van der Waals surface area contributed by atoms with E-state index < -0.39 is 9.84 Å². The molecule has 4 nitrogen and oxygen atoms in total. The molecule has 0 atom stereocenters. The number of sulfone groups is 1. The lowest BCUT2D eigenvalue weighted by molar-refractivity contribution is 0.203. The van der Waals surface area contributed by atoms with E-state index in [1.54, 1.807) is 0 Å². The molecule has 0 unspecified atom stereocenters. The lowest BCUT2D eigenvalue weighted by atomic mass is 10.4. The molecule has 0 fully saturated rings. The first kappa shape index (κ1) is 12.9. The number of hydrogen-bond donors (Lipinski definition) is 1. The highest BCUT2D eigenvalue weighted by molar-refractivity contribution is 7.90. The second kappa shape index (κ2) is 6.34. The molecule has 0 amide bonds. The Balaban J connectivity index is 3.81. The molecule has 0 bridgehead atoms. The van der Waals surface area contributed by atoms with E-state index in [-0.39, 0.29) is 12.4 Å². The monoisotopic (exact) mass is 209 g/mol. The molecule has 80 valence electrons. The fraction of sp³-hybridized carbons (Fsp3) is 1.00. The maximum atomic E-state index is 10.9. The highest BCUT2D eigenvalue weighted by atomic mass is 32.2. The number of rotatable bonds is 7. The summed E-state index contributed by atoms with van der Waals surface area (Å²) in [6, 6.07) is 0. The van der Waals surface area contributed by atoms with E-state index in [0.717, 1.165) is 13.0 Å². The molecule has 0 saturated carbocycles. The van der Waals surface area contributed by atoms with Crippen LogP contribution >= 0.6 is 0 Å². The van der Waals surface area contributed by atoms with Crippen LogP contribution in [0.4, 0.5) is 0 Å². The molecule has 0 aromatic carbocycles. The van der Waals surface area contributed by atoms with Gasteiger partial charge in [-0.05, 0) is 13.0 Å². The maximum Gasteiger partial charge on any atom is 0.148 e. The molecule has 13 heavy (non-hydrogen) atoms. The Morgan fingerprint density at radius 2 is 1.85 bits per heavy atom. The molecule has 0 saturated heterocycles. The molecular weight excluding hydrogens is 190 g/mol. The minimum absolute atomic E-state index is 0.0871. The maximum absolute atomic E-state index is 10.9.